The molecule has 178 valence electrons. The zero-order chi connectivity index (χ0) is 23.8. The van der Waals surface area contributed by atoms with Gasteiger partial charge in [0.2, 0.25) is 0 Å². The first-order valence-corrected chi connectivity index (χ1v) is 11.2. The van der Waals surface area contributed by atoms with Gasteiger partial charge in [-0.25, -0.2) is 14.3 Å². The molecule has 0 saturated carbocycles. The average molecular weight is 484 g/mol. The molecule has 1 amide bonds. The molecule has 33 heavy (non-hydrogen) atoms. The lowest BCUT2D eigenvalue weighted by molar-refractivity contribution is -0.134. The summed E-state index contributed by atoms with van der Waals surface area (Å²) in [5.74, 6) is 0.481. The van der Waals surface area contributed by atoms with Crippen molar-refractivity contribution < 1.29 is 27.4 Å². The van der Waals surface area contributed by atoms with Gasteiger partial charge in [0.05, 0.1) is 30.3 Å². The first-order chi connectivity index (χ1) is 15.5. The van der Waals surface area contributed by atoms with Crippen molar-refractivity contribution in [3.8, 4) is 10.6 Å². The van der Waals surface area contributed by atoms with E-state index >= 15 is 0 Å². The van der Waals surface area contributed by atoms with Gasteiger partial charge >= 0.3 is 12.3 Å². The van der Waals surface area contributed by atoms with E-state index < -0.39 is 22.7 Å². The first kappa shape index (κ1) is 23.3. The zero-order valence-electron chi connectivity index (χ0n) is 18.3. The van der Waals surface area contributed by atoms with E-state index in [1.54, 1.807) is 17.0 Å². The number of thiophene rings is 1. The van der Waals surface area contributed by atoms with Gasteiger partial charge in [-0.1, -0.05) is 0 Å². The Morgan fingerprint density at radius 3 is 2.73 bits per heavy atom. The number of anilines is 1. The molecule has 4 heterocycles. The van der Waals surface area contributed by atoms with Crippen LogP contribution in [0.1, 0.15) is 25.6 Å². The molecule has 0 spiro atoms. The van der Waals surface area contributed by atoms with Crippen molar-refractivity contribution in [2.75, 3.05) is 31.6 Å². The molecular weight excluding hydrogens is 459 g/mol. The molecular formula is C21H24F3N5O3S. The van der Waals surface area contributed by atoms with Crippen molar-refractivity contribution in [2.45, 2.75) is 38.6 Å². The Labute approximate surface area is 192 Å². The van der Waals surface area contributed by atoms with Crippen LogP contribution in [0.2, 0.25) is 0 Å². The maximum atomic E-state index is 13.0. The molecule has 1 N–H and O–H groups in total. The molecule has 3 aromatic heterocycles. The van der Waals surface area contributed by atoms with E-state index in [1.807, 2.05) is 20.8 Å². The van der Waals surface area contributed by atoms with Crippen LogP contribution in [-0.4, -0.2) is 63.5 Å². The van der Waals surface area contributed by atoms with Crippen LogP contribution in [0.15, 0.2) is 30.5 Å². The van der Waals surface area contributed by atoms with Crippen molar-refractivity contribution in [3.63, 3.8) is 0 Å². The Hall–Kier alpha value is -2.86. The Balaban J connectivity index is 1.53. The highest BCUT2D eigenvalue weighted by molar-refractivity contribution is 7.15. The number of ether oxygens (including phenoxy) is 2. The van der Waals surface area contributed by atoms with Crippen molar-refractivity contribution in [3.05, 3.63) is 35.3 Å². The number of imidazole rings is 1. The number of fused-ring (bicyclic) bond motifs is 1. The van der Waals surface area contributed by atoms with E-state index in [-0.39, 0.29) is 6.04 Å². The quantitative estimate of drug-likeness (QED) is 0.590. The number of hydrogen-bond acceptors (Lipinski definition) is 7. The Morgan fingerprint density at radius 2 is 2.03 bits per heavy atom. The standard InChI is InChI=1S/C21H24F3N5O3S/c1-20(2,3)32-19(30)28-8-9-31-12-13(11-28)26-17-6-7-18-25-10-14(29(18)27-17)15-4-5-16(33-15)21(22,23)24/h4-7,10,13H,8-9,11-12H2,1-3H3,(H,26,27). The number of carbonyl (C=O) groups is 1. The number of aromatic nitrogens is 3. The highest BCUT2D eigenvalue weighted by atomic mass is 32.1. The number of carbonyl (C=O) groups excluding carboxylic acids is 1. The summed E-state index contributed by atoms with van der Waals surface area (Å²) in [6.07, 6.45) is -3.32. The Kier molecular flexibility index (Phi) is 6.23. The number of halogens is 3. The molecule has 0 aliphatic carbocycles. The van der Waals surface area contributed by atoms with Crippen molar-refractivity contribution in [1.29, 1.82) is 0 Å². The van der Waals surface area contributed by atoms with E-state index in [0.717, 1.165) is 6.07 Å². The number of alkyl halides is 3. The SMILES string of the molecule is CC(C)(C)OC(=O)N1CCOCC(Nc2ccc3ncc(-c4ccc(C(F)(F)F)s4)n3n2)C1. The van der Waals surface area contributed by atoms with Gasteiger partial charge < -0.3 is 19.7 Å². The van der Waals surface area contributed by atoms with Gasteiger partial charge in [-0.3, -0.25) is 0 Å². The van der Waals surface area contributed by atoms with Gasteiger partial charge in [-0.15, -0.1) is 16.4 Å². The molecule has 0 bridgehead atoms. The molecule has 12 heteroatoms. The third kappa shape index (κ3) is 5.56. The lowest BCUT2D eigenvalue weighted by Crippen LogP contribution is -2.43. The van der Waals surface area contributed by atoms with Crippen LogP contribution in [-0.2, 0) is 15.7 Å². The number of rotatable bonds is 3. The van der Waals surface area contributed by atoms with Crippen LogP contribution >= 0.6 is 11.3 Å². The van der Waals surface area contributed by atoms with Gasteiger partial charge in [0, 0.05) is 13.1 Å². The van der Waals surface area contributed by atoms with Crippen LogP contribution in [0.4, 0.5) is 23.8 Å². The van der Waals surface area contributed by atoms with E-state index in [4.69, 9.17) is 9.47 Å². The maximum absolute atomic E-state index is 13.0. The summed E-state index contributed by atoms with van der Waals surface area (Å²) in [6, 6.07) is 5.66. The Bertz CT molecular complexity index is 1140. The largest absolute Gasteiger partial charge is 0.444 e. The monoisotopic (exact) mass is 483 g/mol. The molecule has 1 aliphatic heterocycles. The van der Waals surface area contributed by atoms with Crippen molar-refractivity contribution in [2.24, 2.45) is 0 Å². The maximum Gasteiger partial charge on any atom is 0.425 e. The third-order valence-corrected chi connectivity index (χ3v) is 5.92. The highest BCUT2D eigenvalue weighted by Crippen LogP contribution is 2.38. The van der Waals surface area contributed by atoms with Gasteiger partial charge in [0.1, 0.15) is 22.0 Å². The zero-order valence-corrected chi connectivity index (χ0v) is 19.2. The van der Waals surface area contributed by atoms with E-state index in [2.05, 4.69) is 15.4 Å². The van der Waals surface area contributed by atoms with Crippen LogP contribution in [0, 0.1) is 0 Å². The summed E-state index contributed by atoms with van der Waals surface area (Å²) >= 11 is 0.640. The molecule has 3 aromatic rings. The highest BCUT2D eigenvalue weighted by Gasteiger charge is 2.33. The fourth-order valence-electron chi connectivity index (χ4n) is 3.35. The number of nitrogens with one attached hydrogen (secondary N) is 1. The predicted octanol–water partition coefficient (Wildman–Crippen LogP) is 4.52. The molecule has 1 saturated heterocycles. The second kappa shape index (κ2) is 8.82. The molecule has 0 radical (unpaired) electrons. The van der Waals surface area contributed by atoms with Crippen LogP contribution < -0.4 is 5.32 Å². The predicted molar refractivity (Wildman–Crippen MR) is 117 cm³/mol. The average Bonchev–Trinajstić information content (AvgIpc) is 3.29. The second-order valence-corrected chi connectivity index (χ2v) is 9.72. The molecule has 1 atom stereocenters. The Morgan fingerprint density at radius 1 is 1.24 bits per heavy atom. The summed E-state index contributed by atoms with van der Waals surface area (Å²) in [7, 11) is 0. The minimum Gasteiger partial charge on any atom is -0.444 e. The molecule has 4 rings (SSSR count). The third-order valence-electron chi connectivity index (χ3n) is 4.77. The molecule has 1 unspecified atom stereocenters. The molecule has 8 nitrogen and oxygen atoms in total. The summed E-state index contributed by atoms with van der Waals surface area (Å²) in [4.78, 5) is 18.0. The number of amides is 1. The van der Waals surface area contributed by atoms with Gasteiger partial charge in [0.25, 0.3) is 0 Å². The van der Waals surface area contributed by atoms with Gasteiger partial charge in [-0.05, 0) is 45.0 Å². The van der Waals surface area contributed by atoms with E-state index in [9.17, 15) is 18.0 Å². The summed E-state index contributed by atoms with van der Waals surface area (Å²) in [5, 5.41) is 7.76. The summed E-state index contributed by atoms with van der Waals surface area (Å²) in [5.41, 5.74) is 0.359. The van der Waals surface area contributed by atoms with Crippen molar-refractivity contribution in [1.82, 2.24) is 19.5 Å². The second-order valence-electron chi connectivity index (χ2n) is 8.64. The topological polar surface area (TPSA) is 81.0 Å². The lowest BCUT2D eigenvalue weighted by atomic mass is 10.2. The van der Waals surface area contributed by atoms with Crippen LogP contribution in [0.25, 0.3) is 16.2 Å². The fourth-order valence-corrected chi connectivity index (χ4v) is 4.21. The normalized spacial score (nSPS) is 17.8. The van der Waals surface area contributed by atoms with E-state index in [0.29, 0.717) is 59.7 Å². The fraction of sp³-hybridized carbons (Fsp3) is 0.476. The first-order valence-electron chi connectivity index (χ1n) is 10.3. The van der Waals surface area contributed by atoms with Crippen molar-refractivity contribution >= 4 is 28.9 Å². The number of hydrogen-bond donors (Lipinski definition) is 1. The molecule has 0 aromatic carbocycles. The molecule has 1 aliphatic rings. The number of nitrogens with zero attached hydrogens (tertiary/aromatic N) is 4. The minimum absolute atomic E-state index is 0.254. The van der Waals surface area contributed by atoms with E-state index in [1.165, 1.54) is 16.8 Å². The molecule has 1 fully saturated rings. The lowest BCUT2D eigenvalue weighted by Gasteiger charge is -2.28. The smallest absolute Gasteiger partial charge is 0.425 e. The minimum atomic E-state index is -4.40. The summed E-state index contributed by atoms with van der Waals surface area (Å²) < 4.78 is 51.6. The van der Waals surface area contributed by atoms with Crippen LogP contribution in [0.5, 0.6) is 0 Å². The van der Waals surface area contributed by atoms with Gasteiger partial charge in [0.15, 0.2) is 5.65 Å². The van der Waals surface area contributed by atoms with Gasteiger partial charge in [-0.2, -0.15) is 13.2 Å². The van der Waals surface area contributed by atoms with Crippen LogP contribution in [0.3, 0.4) is 0 Å². The summed E-state index contributed by atoms with van der Waals surface area (Å²) in [6.45, 7) is 6.92.